The van der Waals surface area contributed by atoms with Gasteiger partial charge in [-0.2, -0.15) is 0 Å². The summed E-state index contributed by atoms with van der Waals surface area (Å²) in [5.74, 6) is 1.48. The van der Waals surface area contributed by atoms with Crippen LogP contribution in [-0.2, 0) is 6.42 Å². The lowest BCUT2D eigenvalue weighted by molar-refractivity contribution is 0.332. The number of pyridine rings is 1. The number of benzene rings is 1. The van der Waals surface area contributed by atoms with Crippen LogP contribution >= 0.6 is 0 Å². The van der Waals surface area contributed by atoms with Gasteiger partial charge < -0.3 is 15.8 Å². The first-order chi connectivity index (χ1) is 9.74. The molecular formula is C16H21N3O. The lowest BCUT2D eigenvalue weighted by Gasteiger charge is -2.20. The van der Waals surface area contributed by atoms with E-state index in [1.54, 1.807) is 6.20 Å². The Morgan fingerprint density at radius 2 is 2.10 bits per heavy atom. The molecule has 0 amide bonds. The highest BCUT2D eigenvalue weighted by Crippen LogP contribution is 2.27. The van der Waals surface area contributed by atoms with Crippen LogP contribution in [0.25, 0.3) is 0 Å². The van der Waals surface area contributed by atoms with Crippen molar-refractivity contribution >= 4 is 5.82 Å². The second-order valence-corrected chi connectivity index (χ2v) is 4.61. The van der Waals surface area contributed by atoms with Crippen LogP contribution in [0, 0.1) is 0 Å². The molecule has 20 heavy (non-hydrogen) atoms. The molecule has 1 aromatic heterocycles. The number of nitrogens with two attached hydrogens (primary N) is 1. The van der Waals surface area contributed by atoms with Crippen LogP contribution < -0.4 is 15.8 Å². The van der Waals surface area contributed by atoms with E-state index in [9.17, 15) is 0 Å². The van der Waals surface area contributed by atoms with E-state index in [0.29, 0.717) is 12.4 Å². The summed E-state index contributed by atoms with van der Waals surface area (Å²) in [6.45, 7) is 2.66. The van der Waals surface area contributed by atoms with Crippen LogP contribution in [0.3, 0.4) is 0 Å². The molecule has 0 fully saturated rings. The fourth-order valence-electron chi connectivity index (χ4n) is 2.28. The Balaban J connectivity index is 2.24. The zero-order valence-electron chi connectivity index (χ0n) is 12.0. The number of nitrogen functional groups attached to an aromatic ring is 1. The number of para-hydroxylation sites is 1. The molecule has 2 rings (SSSR count). The molecule has 1 atom stereocenters. The maximum absolute atomic E-state index is 5.74. The molecule has 0 radical (unpaired) electrons. The van der Waals surface area contributed by atoms with Crippen molar-refractivity contribution in [3.05, 3.63) is 53.7 Å². The van der Waals surface area contributed by atoms with Crippen LogP contribution in [0.5, 0.6) is 5.75 Å². The number of ether oxygens (including phenoxy) is 1. The van der Waals surface area contributed by atoms with Crippen molar-refractivity contribution in [2.75, 3.05) is 19.4 Å². The van der Waals surface area contributed by atoms with Gasteiger partial charge in [-0.1, -0.05) is 18.2 Å². The molecule has 2 aromatic rings. The Bertz CT molecular complexity index is 557. The summed E-state index contributed by atoms with van der Waals surface area (Å²) in [4.78, 5) is 4.03. The molecule has 1 unspecified atom stereocenters. The predicted octanol–water partition coefficient (Wildman–Crippen LogP) is 2.57. The molecular weight excluding hydrogens is 250 g/mol. The summed E-state index contributed by atoms with van der Waals surface area (Å²) < 4.78 is 5.70. The van der Waals surface area contributed by atoms with Gasteiger partial charge in [0, 0.05) is 17.8 Å². The fraction of sp³-hybridized carbons (Fsp3) is 0.312. The maximum Gasteiger partial charge on any atom is 0.124 e. The van der Waals surface area contributed by atoms with Crippen molar-refractivity contribution in [2.24, 2.45) is 0 Å². The van der Waals surface area contributed by atoms with E-state index in [1.165, 1.54) is 0 Å². The molecule has 0 bridgehead atoms. The Morgan fingerprint density at radius 1 is 1.30 bits per heavy atom. The van der Waals surface area contributed by atoms with E-state index in [4.69, 9.17) is 10.5 Å². The Kier molecular flexibility index (Phi) is 4.96. The third-order valence-corrected chi connectivity index (χ3v) is 3.23. The van der Waals surface area contributed by atoms with Crippen molar-refractivity contribution in [3.8, 4) is 5.75 Å². The number of hydrogen-bond acceptors (Lipinski definition) is 4. The highest BCUT2D eigenvalue weighted by molar-refractivity contribution is 5.38. The highest BCUT2D eigenvalue weighted by atomic mass is 16.5. The van der Waals surface area contributed by atoms with Crippen LogP contribution in [0.4, 0.5) is 5.82 Å². The summed E-state index contributed by atoms with van der Waals surface area (Å²) in [6, 6.07) is 12.2. The largest absolute Gasteiger partial charge is 0.494 e. The smallest absolute Gasteiger partial charge is 0.124 e. The van der Waals surface area contributed by atoms with E-state index >= 15 is 0 Å². The van der Waals surface area contributed by atoms with Gasteiger partial charge in [-0.15, -0.1) is 0 Å². The second kappa shape index (κ2) is 6.91. The van der Waals surface area contributed by atoms with Gasteiger partial charge in [-0.05, 0) is 44.2 Å². The Labute approximate surface area is 120 Å². The Hall–Kier alpha value is -2.07. The molecule has 0 aliphatic carbocycles. The van der Waals surface area contributed by atoms with Crippen molar-refractivity contribution in [2.45, 2.75) is 19.4 Å². The van der Waals surface area contributed by atoms with Crippen LogP contribution in [-0.4, -0.2) is 18.6 Å². The zero-order chi connectivity index (χ0) is 14.4. The number of nitrogens with zero attached hydrogens (tertiary/aromatic N) is 1. The summed E-state index contributed by atoms with van der Waals surface area (Å²) >= 11 is 0. The maximum atomic E-state index is 5.74. The van der Waals surface area contributed by atoms with Gasteiger partial charge >= 0.3 is 0 Å². The first-order valence-corrected chi connectivity index (χ1v) is 6.84. The van der Waals surface area contributed by atoms with Crippen molar-refractivity contribution in [3.63, 3.8) is 0 Å². The molecule has 0 saturated heterocycles. The average Bonchev–Trinajstić information content (AvgIpc) is 2.46. The van der Waals surface area contributed by atoms with Gasteiger partial charge in [0.05, 0.1) is 6.61 Å². The molecule has 3 N–H and O–H groups in total. The van der Waals surface area contributed by atoms with E-state index in [2.05, 4.69) is 16.4 Å². The molecule has 1 aromatic carbocycles. The van der Waals surface area contributed by atoms with Gasteiger partial charge in [0.2, 0.25) is 0 Å². The molecule has 0 saturated carbocycles. The van der Waals surface area contributed by atoms with Crippen LogP contribution in [0.2, 0.25) is 0 Å². The molecule has 0 aliphatic heterocycles. The monoisotopic (exact) mass is 271 g/mol. The van der Waals surface area contributed by atoms with Crippen LogP contribution in [0.15, 0.2) is 42.6 Å². The third kappa shape index (κ3) is 3.48. The molecule has 0 spiro atoms. The summed E-state index contributed by atoms with van der Waals surface area (Å²) in [6.07, 6.45) is 2.58. The average molecular weight is 271 g/mol. The first-order valence-electron chi connectivity index (χ1n) is 6.84. The molecule has 4 heteroatoms. The van der Waals surface area contributed by atoms with E-state index in [0.717, 1.165) is 23.3 Å². The minimum Gasteiger partial charge on any atom is -0.494 e. The standard InChI is InChI=1S/C16H21N3O/c1-3-20-15-7-5-4-6-13(15)14(18-2)10-12-8-9-19-16(17)11-12/h4-9,11,14,18H,3,10H2,1-2H3,(H2,17,19). The fourth-order valence-corrected chi connectivity index (χ4v) is 2.28. The van der Waals surface area contributed by atoms with E-state index in [1.807, 2.05) is 44.3 Å². The molecule has 1 heterocycles. The van der Waals surface area contributed by atoms with Crippen molar-refractivity contribution in [1.29, 1.82) is 0 Å². The normalized spacial score (nSPS) is 12.1. The molecule has 106 valence electrons. The van der Waals surface area contributed by atoms with E-state index < -0.39 is 0 Å². The van der Waals surface area contributed by atoms with Gasteiger partial charge in [0.15, 0.2) is 0 Å². The molecule has 4 nitrogen and oxygen atoms in total. The number of rotatable bonds is 6. The number of aromatic nitrogens is 1. The first kappa shape index (κ1) is 14.3. The quantitative estimate of drug-likeness (QED) is 0.847. The number of nitrogens with one attached hydrogen (secondary N) is 1. The van der Waals surface area contributed by atoms with Gasteiger partial charge in [-0.3, -0.25) is 0 Å². The SMILES string of the molecule is CCOc1ccccc1C(Cc1ccnc(N)c1)NC. The van der Waals surface area contributed by atoms with Gasteiger partial charge in [0.25, 0.3) is 0 Å². The summed E-state index contributed by atoms with van der Waals surface area (Å²) in [5, 5.41) is 3.34. The van der Waals surface area contributed by atoms with Crippen molar-refractivity contribution in [1.82, 2.24) is 10.3 Å². The number of anilines is 1. The zero-order valence-corrected chi connectivity index (χ0v) is 12.0. The summed E-state index contributed by atoms with van der Waals surface area (Å²) in [7, 11) is 1.96. The minimum atomic E-state index is 0.180. The van der Waals surface area contributed by atoms with Gasteiger partial charge in [-0.25, -0.2) is 4.98 Å². The van der Waals surface area contributed by atoms with Crippen LogP contribution in [0.1, 0.15) is 24.1 Å². The summed E-state index contributed by atoms with van der Waals surface area (Å²) in [5.41, 5.74) is 8.05. The second-order valence-electron chi connectivity index (χ2n) is 4.61. The number of likely N-dealkylation sites (N-methyl/N-ethyl adjacent to an activating group) is 1. The third-order valence-electron chi connectivity index (χ3n) is 3.23. The molecule has 0 aliphatic rings. The van der Waals surface area contributed by atoms with E-state index in [-0.39, 0.29) is 6.04 Å². The van der Waals surface area contributed by atoms with Gasteiger partial charge in [0.1, 0.15) is 11.6 Å². The minimum absolute atomic E-state index is 0.180. The highest BCUT2D eigenvalue weighted by Gasteiger charge is 2.15. The Morgan fingerprint density at radius 3 is 2.80 bits per heavy atom. The predicted molar refractivity (Wildman–Crippen MR) is 81.8 cm³/mol. The lowest BCUT2D eigenvalue weighted by atomic mass is 9.98. The topological polar surface area (TPSA) is 60.2 Å². The van der Waals surface area contributed by atoms with Crippen molar-refractivity contribution < 1.29 is 4.74 Å². The lowest BCUT2D eigenvalue weighted by Crippen LogP contribution is -2.20. The number of hydrogen-bond donors (Lipinski definition) is 2.